The molecule has 36 heavy (non-hydrogen) atoms. The maximum Gasteiger partial charge on any atom is 0.331 e. The van der Waals surface area contributed by atoms with Crippen molar-refractivity contribution in [1.29, 1.82) is 0 Å². The first-order valence-electron chi connectivity index (χ1n) is 11.3. The smallest absolute Gasteiger partial charge is 0.331 e. The third kappa shape index (κ3) is 4.69. The van der Waals surface area contributed by atoms with Gasteiger partial charge in [0.1, 0.15) is 6.54 Å². The number of aromatic nitrogens is 4. The quantitative estimate of drug-likeness (QED) is 0.381. The Kier molecular flexibility index (Phi) is 6.47. The number of hydrogen-bond donors (Lipinski definition) is 1. The van der Waals surface area contributed by atoms with Gasteiger partial charge in [0.25, 0.3) is 5.56 Å². The van der Waals surface area contributed by atoms with Crippen LogP contribution in [0.4, 0.5) is 0 Å². The Morgan fingerprint density at radius 2 is 1.92 bits per heavy atom. The lowest BCUT2D eigenvalue weighted by molar-refractivity contribution is -0.121. The summed E-state index contributed by atoms with van der Waals surface area (Å²) in [6, 6.07) is 10.2. The summed E-state index contributed by atoms with van der Waals surface area (Å²) in [6.45, 7) is 1.71. The van der Waals surface area contributed by atoms with Gasteiger partial charge in [-0.15, -0.1) is 0 Å². The third-order valence-corrected chi connectivity index (χ3v) is 6.17. The van der Waals surface area contributed by atoms with Crippen molar-refractivity contribution in [3.8, 4) is 11.5 Å². The monoisotopic (exact) mass is 511 g/mol. The van der Waals surface area contributed by atoms with E-state index in [9.17, 15) is 14.4 Å². The first-order chi connectivity index (χ1) is 17.4. The van der Waals surface area contributed by atoms with Crippen LogP contribution in [-0.4, -0.2) is 32.0 Å². The largest absolute Gasteiger partial charge is 0.454 e. The van der Waals surface area contributed by atoms with Gasteiger partial charge < -0.3 is 19.3 Å². The van der Waals surface area contributed by atoms with Gasteiger partial charge in [-0.1, -0.05) is 35.0 Å². The van der Waals surface area contributed by atoms with Gasteiger partial charge in [0.15, 0.2) is 17.3 Å². The maximum atomic E-state index is 13.4. The number of hydrogen-bond acceptors (Lipinski definition) is 8. The van der Waals surface area contributed by atoms with Gasteiger partial charge in [-0.05, 0) is 31.0 Å². The van der Waals surface area contributed by atoms with E-state index >= 15 is 0 Å². The fourth-order valence-electron chi connectivity index (χ4n) is 4.02. The molecule has 3 heterocycles. The van der Waals surface area contributed by atoms with Crippen molar-refractivity contribution in [3.63, 3.8) is 0 Å². The molecule has 5 rings (SSSR count). The lowest BCUT2D eigenvalue weighted by Crippen LogP contribution is -2.42. The lowest BCUT2D eigenvalue weighted by Gasteiger charge is -2.15. The molecule has 0 saturated carbocycles. The maximum absolute atomic E-state index is 13.4. The molecule has 4 aromatic rings. The van der Waals surface area contributed by atoms with E-state index in [0.29, 0.717) is 41.1 Å². The predicted molar refractivity (Wildman–Crippen MR) is 129 cm³/mol. The molecular formula is C24H22ClN5O6. The first-order valence-corrected chi connectivity index (χ1v) is 11.6. The lowest BCUT2D eigenvalue weighted by atomic mass is 10.2. The summed E-state index contributed by atoms with van der Waals surface area (Å²) in [5, 5.41) is 7.29. The molecule has 0 fully saturated rings. The Labute approximate surface area is 209 Å². The van der Waals surface area contributed by atoms with E-state index in [4.69, 9.17) is 25.6 Å². The Morgan fingerprint density at radius 1 is 1.14 bits per heavy atom. The number of rotatable bonds is 8. The van der Waals surface area contributed by atoms with E-state index < -0.39 is 17.2 Å². The van der Waals surface area contributed by atoms with Crippen LogP contribution in [0.2, 0.25) is 5.02 Å². The van der Waals surface area contributed by atoms with Gasteiger partial charge in [0.05, 0.1) is 10.9 Å². The minimum Gasteiger partial charge on any atom is -0.454 e. The molecule has 0 spiro atoms. The molecular weight excluding hydrogens is 490 g/mol. The molecule has 0 radical (unpaired) electrons. The van der Waals surface area contributed by atoms with Crippen LogP contribution in [0, 0.1) is 6.92 Å². The fraction of sp³-hybridized carbons (Fsp3) is 0.292. The minimum absolute atomic E-state index is 0.00595. The molecule has 1 N–H and O–H groups in total. The van der Waals surface area contributed by atoms with Crippen molar-refractivity contribution < 1.29 is 18.8 Å². The van der Waals surface area contributed by atoms with Crippen molar-refractivity contribution in [3.05, 3.63) is 79.5 Å². The van der Waals surface area contributed by atoms with E-state index in [2.05, 4.69) is 15.5 Å². The van der Waals surface area contributed by atoms with E-state index in [0.717, 1.165) is 10.1 Å². The summed E-state index contributed by atoms with van der Waals surface area (Å²) >= 11 is 6.17. The highest BCUT2D eigenvalue weighted by molar-refractivity contribution is 6.31. The van der Waals surface area contributed by atoms with Crippen LogP contribution >= 0.6 is 11.6 Å². The highest BCUT2D eigenvalue weighted by Crippen LogP contribution is 2.34. The molecule has 2 aromatic heterocycles. The van der Waals surface area contributed by atoms with Crippen LogP contribution in [-0.2, 0) is 30.8 Å². The number of ether oxygens (including phenoxy) is 2. The molecule has 2 aromatic carbocycles. The Hall–Kier alpha value is -4.12. The molecule has 0 aliphatic carbocycles. The third-order valence-electron chi connectivity index (χ3n) is 5.80. The van der Waals surface area contributed by atoms with E-state index in [-0.39, 0.29) is 37.3 Å². The molecule has 12 heteroatoms. The van der Waals surface area contributed by atoms with Crippen molar-refractivity contribution in [1.82, 2.24) is 24.6 Å². The first kappa shape index (κ1) is 23.6. The van der Waals surface area contributed by atoms with E-state index in [1.807, 2.05) is 6.07 Å². The Morgan fingerprint density at radius 3 is 2.67 bits per heavy atom. The van der Waals surface area contributed by atoms with Gasteiger partial charge in [0.2, 0.25) is 18.6 Å². The molecule has 1 aliphatic rings. The molecule has 0 atom stereocenters. The Bertz CT molecular complexity index is 1570. The fourth-order valence-corrected chi connectivity index (χ4v) is 4.22. The summed E-state index contributed by atoms with van der Waals surface area (Å²) in [6.07, 6.45) is 0.801. The van der Waals surface area contributed by atoms with Gasteiger partial charge >= 0.3 is 5.69 Å². The zero-order valence-corrected chi connectivity index (χ0v) is 20.1. The summed E-state index contributed by atoms with van der Waals surface area (Å²) in [7, 11) is 0. The highest BCUT2D eigenvalue weighted by atomic mass is 35.5. The second-order valence-electron chi connectivity index (χ2n) is 8.26. The van der Waals surface area contributed by atoms with Crippen LogP contribution in [0.1, 0.15) is 23.7 Å². The van der Waals surface area contributed by atoms with Gasteiger partial charge in [0, 0.05) is 30.6 Å². The second kappa shape index (κ2) is 9.86. The molecule has 0 unspecified atom stereocenters. The second-order valence-corrected chi connectivity index (χ2v) is 8.66. The van der Waals surface area contributed by atoms with Crippen molar-refractivity contribution in [2.45, 2.75) is 39.4 Å². The molecule has 1 aliphatic heterocycles. The number of aryl methyl sites for hydroxylation is 2. The SMILES string of the molecule is Cc1noc(CCCn2c(=O)c3cc4c(cc3n(CC(=O)NCc3ccccc3Cl)c2=O)OCO4)n1. The number of nitrogens with one attached hydrogen (secondary N) is 1. The zero-order valence-electron chi connectivity index (χ0n) is 19.3. The predicted octanol–water partition coefficient (Wildman–Crippen LogP) is 2.19. The number of halogens is 1. The molecule has 186 valence electrons. The molecule has 0 saturated heterocycles. The number of amides is 1. The van der Waals surface area contributed by atoms with E-state index in [1.165, 1.54) is 10.6 Å². The normalized spacial score (nSPS) is 12.3. The zero-order chi connectivity index (χ0) is 25.2. The van der Waals surface area contributed by atoms with Crippen LogP contribution in [0.3, 0.4) is 0 Å². The minimum atomic E-state index is -0.610. The number of carbonyl (C=O) groups excluding carboxylic acids is 1. The average Bonchev–Trinajstić information content (AvgIpc) is 3.50. The topological polar surface area (TPSA) is 130 Å². The number of nitrogens with zero attached hydrogens (tertiary/aromatic N) is 4. The summed E-state index contributed by atoms with van der Waals surface area (Å²) in [5.41, 5.74) is -0.0658. The highest BCUT2D eigenvalue weighted by Gasteiger charge is 2.21. The van der Waals surface area contributed by atoms with Gasteiger partial charge in [-0.25, -0.2) is 4.79 Å². The average molecular weight is 512 g/mol. The van der Waals surface area contributed by atoms with Crippen molar-refractivity contribution in [2.75, 3.05) is 6.79 Å². The van der Waals surface area contributed by atoms with Gasteiger partial charge in [-0.2, -0.15) is 4.98 Å². The van der Waals surface area contributed by atoms with Crippen LogP contribution in [0.25, 0.3) is 10.9 Å². The standard InChI is InChI=1S/C24H22ClN5O6/c1-14-27-22(36-28-14)7-4-8-29-23(32)16-9-19-20(35-13-34-19)10-18(16)30(24(29)33)12-21(31)26-11-15-5-2-3-6-17(15)25/h2-3,5-6,9-10H,4,7-8,11-13H2,1H3,(H,26,31). The summed E-state index contributed by atoms with van der Waals surface area (Å²) in [5.74, 6) is 1.32. The van der Waals surface area contributed by atoms with Crippen LogP contribution in [0.15, 0.2) is 50.5 Å². The molecule has 11 nitrogen and oxygen atoms in total. The number of fused-ring (bicyclic) bond motifs is 2. The van der Waals surface area contributed by atoms with Crippen LogP contribution < -0.4 is 26.0 Å². The number of benzene rings is 2. The summed E-state index contributed by atoms with van der Waals surface area (Å²) in [4.78, 5) is 43.7. The van der Waals surface area contributed by atoms with Crippen molar-refractivity contribution in [2.24, 2.45) is 0 Å². The van der Waals surface area contributed by atoms with Gasteiger partial charge in [-0.3, -0.25) is 18.7 Å². The van der Waals surface area contributed by atoms with Crippen molar-refractivity contribution >= 4 is 28.4 Å². The molecule has 1 amide bonds. The molecule has 0 bridgehead atoms. The Balaban J connectivity index is 1.46. The van der Waals surface area contributed by atoms with E-state index in [1.54, 1.807) is 31.2 Å². The van der Waals surface area contributed by atoms with Crippen LogP contribution in [0.5, 0.6) is 11.5 Å². The summed E-state index contributed by atoms with van der Waals surface area (Å²) < 4.78 is 18.3. The number of carbonyl (C=O) groups is 1.